The quantitative estimate of drug-likeness (QED) is 0.796. The number of carbonyl (C=O) groups excluding carboxylic acids is 1. The maximum Gasteiger partial charge on any atom is 0.233 e. The van der Waals surface area contributed by atoms with Crippen molar-refractivity contribution in [3.63, 3.8) is 0 Å². The first-order chi connectivity index (χ1) is 10.7. The Kier molecular flexibility index (Phi) is 5.37. The zero-order valence-electron chi connectivity index (χ0n) is 12.8. The highest BCUT2D eigenvalue weighted by atomic mass is 32.2. The average Bonchev–Trinajstić information content (AvgIpc) is 3.09. The molecule has 1 saturated heterocycles. The number of thioether (sulfide) groups is 1. The third-order valence-corrected chi connectivity index (χ3v) is 5.68. The van der Waals surface area contributed by atoms with Crippen LogP contribution in [0.25, 0.3) is 0 Å². The number of carbonyl (C=O) groups is 1. The van der Waals surface area contributed by atoms with Gasteiger partial charge in [-0.1, -0.05) is 12.8 Å². The Morgan fingerprint density at radius 3 is 2.36 bits per heavy atom. The Morgan fingerprint density at radius 1 is 1.09 bits per heavy atom. The molecule has 22 heavy (non-hydrogen) atoms. The predicted molar refractivity (Wildman–Crippen MR) is 87.5 cm³/mol. The molecule has 0 radical (unpaired) electrons. The Bertz CT molecular complexity index is 494. The Morgan fingerprint density at radius 2 is 1.73 bits per heavy atom. The van der Waals surface area contributed by atoms with E-state index < -0.39 is 0 Å². The Hall–Kier alpha value is -1.07. The van der Waals surface area contributed by atoms with E-state index in [0.29, 0.717) is 5.75 Å². The molecule has 1 amide bonds. The van der Waals surface area contributed by atoms with Gasteiger partial charge in [-0.05, 0) is 37.1 Å². The van der Waals surface area contributed by atoms with Gasteiger partial charge in [-0.3, -0.25) is 9.69 Å². The van der Waals surface area contributed by atoms with Gasteiger partial charge in [0.1, 0.15) is 5.82 Å². The number of hydrogen-bond acceptors (Lipinski definition) is 3. The van der Waals surface area contributed by atoms with Crippen molar-refractivity contribution >= 4 is 17.7 Å². The highest BCUT2D eigenvalue weighted by Crippen LogP contribution is 2.24. The summed E-state index contributed by atoms with van der Waals surface area (Å²) in [4.78, 5) is 17.8. The molecule has 1 aromatic rings. The van der Waals surface area contributed by atoms with E-state index in [1.54, 1.807) is 12.1 Å². The second-order valence-electron chi connectivity index (χ2n) is 6.10. The lowest BCUT2D eigenvalue weighted by Crippen LogP contribution is -2.51. The number of amides is 1. The Balaban J connectivity index is 1.42. The fraction of sp³-hybridized carbons (Fsp3) is 0.588. The first-order valence-corrected chi connectivity index (χ1v) is 9.11. The molecule has 120 valence electrons. The van der Waals surface area contributed by atoms with Crippen molar-refractivity contribution in [3.05, 3.63) is 30.1 Å². The molecule has 2 aliphatic rings. The highest BCUT2D eigenvalue weighted by molar-refractivity contribution is 8.00. The van der Waals surface area contributed by atoms with Crippen LogP contribution in [0.2, 0.25) is 0 Å². The molecular formula is C17H23FN2OS. The summed E-state index contributed by atoms with van der Waals surface area (Å²) in [5.41, 5.74) is 0. The molecule has 0 aromatic heterocycles. The monoisotopic (exact) mass is 322 g/mol. The minimum absolute atomic E-state index is 0.195. The van der Waals surface area contributed by atoms with E-state index in [1.165, 1.54) is 49.6 Å². The zero-order chi connectivity index (χ0) is 15.4. The van der Waals surface area contributed by atoms with Crippen molar-refractivity contribution in [1.82, 2.24) is 9.80 Å². The van der Waals surface area contributed by atoms with Crippen LogP contribution in [-0.2, 0) is 4.79 Å². The molecule has 3 nitrogen and oxygen atoms in total. The van der Waals surface area contributed by atoms with E-state index >= 15 is 0 Å². The van der Waals surface area contributed by atoms with E-state index in [4.69, 9.17) is 0 Å². The van der Waals surface area contributed by atoms with Crippen LogP contribution in [0, 0.1) is 5.82 Å². The summed E-state index contributed by atoms with van der Waals surface area (Å²) >= 11 is 1.49. The van der Waals surface area contributed by atoms with Gasteiger partial charge >= 0.3 is 0 Å². The molecule has 1 aliphatic carbocycles. The molecule has 0 spiro atoms. The zero-order valence-corrected chi connectivity index (χ0v) is 13.7. The molecule has 2 fully saturated rings. The first kappa shape index (κ1) is 15.8. The number of nitrogens with zero attached hydrogens (tertiary/aromatic N) is 2. The SMILES string of the molecule is O=C(CSc1ccc(F)cc1)N1CCN(C2CCCC2)CC1. The molecule has 1 aromatic carbocycles. The molecule has 1 aliphatic heterocycles. The summed E-state index contributed by atoms with van der Waals surface area (Å²) in [6, 6.07) is 7.09. The van der Waals surface area contributed by atoms with E-state index in [9.17, 15) is 9.18 Å². The van der Waals surface area contributed by atoms with Gasteiger partial charge in [0.05, 0.1) is 5.75 Å². The van der Waals surface area contributed by atoms with Gasteiger partial charge < -0.3 is 4.90 Å². The summed E-state index contributed by atoms with van der Waals surface area (Å²) in [7, 11) is 0. The van der Waals surface area contributed by atoms with Crippen LogP contribution in [0.3, 0.4) is 0 Å². The van der Waals surface area contributed by atoms with Gasteiger partial charge in [0.2, 0.25) is 5.91 Å². The first-order valence-electron chi connectivity index (χ1n) is 8.12. The standard InChI is InChI=1S/C17H23FN2OS/c18-14-5-7-16(8-6-14)22-13-17(21)20-11-9-19(10-12-20)15-3-1-2-4-15/h5-8,15H,1-4,9-13H2. The molecule has 3 rings (SSSR count). The average molecular weight is 322 g/mol. The summed E-state index contributed by atoms with van der Waals surface area (Å²) in [6.07, 6.45) is 5.37. The molecule has 0 bridgehead atoms. The summed E-state index contributed by atoms with van der Waals surface area (Å²) in [5.74, 6) is 0.397. The van der Waals surface area contributed by atoms with Gasteiger partial charge in [0.25, 0.3) is 0 Å². The maximum atomic E-state index is 12.9. The lowest BCUT2D eigenvalue weighted by atomic mass is 10.2. The summed E-state index contributed by atoms with van der Waals surface area (Å²) in [6.45, 7) is 3.72. The largest absolute Gasteiger partial charge is 0.339 e. The van der Waals surface area contributed by atoms with Gasteiger partial charge in [0, 0.05) is 37.1 Å². The third-order valence-electron chi connectivity index (χ3n) is 4.68. The fourth-order valence-corrected chi connectivity index (χ4v) is 4.17. The van der Waals surface area contributed by atoms with Gasteiger partial charge in [-0.15, -0.1) is 11.8 Å². The minimum Gasteiger partial charge on any atom is -0.339 e. The van der Waals surface area contributed by atoms with Crippen molar-refractivity contribution in [2.45, 2.75) is 36.6 Å². The summed E-state index contributed by atoms with van der Waals surface area (Å²) in [5, 5.41) is 0. The van der Waals surface area contributed by atoms with Crippen LogP contribution in [0.1, 0.15) is 25.7 Å². The van der Waals surface area contributed by atoms with Crippen LogP contribution >= 0.6 is 11.8 Å². The van der Waals surface area contributed by atoms with Crippen LogP contribution < -0.4 is 0 Å². The topological polar surface area (TPSA) is 23.6 Å². The second-order valence-corrected chi connectivity index (χ2v) is 7.15. The molecule has 1 saturated carbocycles. The lowest BCUT2D eigenvalue weighted by molar-refractivity contribution is -0.130. The van der Waals surface area contributed by atoms with Crippen molar-refractivity contribution in [2.75, 3.05) is 31.9 Å². The van der Waals surface area contributed by atoms with Crippen LogP contribution in [0.15, 0.2) is 29.2 Å². The summed E-state index contributed by atoms with van der Waals surface area (Å²) < 4.78 is 12.9. The van der Waals surface area contributed by atoms with Crippen molar-refractivity contribution < 1.29 is 9.18 Å². The van der Waals surface area contributed by atoms with E-state index in [-0.39, 0.29) is 11.7 Å². The Labute approximate surface area is 135 Å². The van der Waals surface area contributed by atoms with E-state index in [0.717, 1.165) is 37.1 Å². The molecular weight excluding hydrogens is 299 g/mol. The number of piperazine rings is 1. The lowest BCUT2D eigenvalue weighted by Gasteiger charge is -2.38. The fourth-order valence-electron chi connectivity index (χ4n) is 3.37. The van der Waals surface area contributed by atoms with E-state index in [1.807, 2.05) is 4.90 Å². The van der Waals surface area contributed by atoms with Crippen LogP contribution in [-0.4, -0.2) is 53.7 Å². The van der Waals surface area contributed by atoms with Crippen LogP contribution in [0.4, 0.5) is 4.39 Å². The van der Waals surface area contributed by atoms with Crippen molar-refractivity contribution in [3.8, 4) is 0 Å². The predicted octanol–water partition coefficient (Wildman–Crippen LogP) is 3.00. The normalized spacial score (nSPS) is 20.5. The number of halogens is 1. The minimum atomic E-state index is -0.237. The molecule has 5 heteroatoms. The molecule has 0 atom stereocenters. The van der Waals surface area contributed by atoms with Gasteiger partial charge in [-0.25, -0.2) is 4.39 Å². The smallest absolute Gasteiger partial charge is 0.233 e. The number of hydrogen-bond donors (Lipinski definition) is 0. The maximum absolute atomic E-state index is 12.9. The van der Waals surface area contributed by atoms with Crippen LogP contribution in [0.5, 0.6) is 0 Å². The number of rotatable bonds is 4. The second kappa shape index (κ2) is 7.47. The molecule has 0 unspecified atom stereocenters. The molecule has 1 heterocycles. The highest BCUT2D eigenvalue weighted by Gasteiger charge is 2.27. The van der Waals surface area contributed by atoms with Crippen molar-refractivity contribution in [2.24, 2.45) is 0 Å². The van der Waals surface area contributed by atoms with Gasteiger partial charge in [-0.2, -0.15) is 0 Å². The number of benzene rings is 1. The van der Waals surface area contributed by atoms with E-state index in [2.05, 4.69) is 4.90 Å². The third kappa shape index (κ3) is 4.02. The van der Waals surface area contributed by atoms with Gasteiger partial charge in [0.15, 0.2) is 0 Å². The van der Waals surface area contributed by atoms with Crippen molar-refractivity contribution in [1.29, 1.82) is 0 Å². The molecule has 0 N–H and O–H groups in total.